The first-order valence-electron chi connectivity index (χ1n) is 10.7. The third kappa shape index (κ3) is 3.85. The summed E-state index contributed by atoms with van der Waals surface area (Å²) in [7, 11) is 0. The van der Waals surface area contributed by atoms with Gasteiger partial charge in [-0.1, -0.05) is 18.2 Å². The van der Waals surface area contributed by atoms with E-state index >= 15 is 0 Å². The molecular weight excluding hydrogens is 402 g/mol. The third-order valence-electron chi connectivity index (χ3n) is 6.17. The molecule has 8 heteroatoms. The van der Waals surface area contributed by atoms with Gasteiger partial charge in [0, 0.05) is 49.5 Å². The van der Waals surface area contributed by atoms with Crippen LogP contribution in [0.3, 0.4) is 0 Å². The van der Waals surface area contributed by atoms with E-state index in [0.29, 0.717) is 46.0 Å². The average Bonchev–Trinajstić information content (AvgIpc) is 3.12. The highest BCUT2D eigenvalue weighted by Crippen LogP contribution is 2.39. The van der Waals surface area contributed by atoms with Crippen molar-refractivity contribution in [3.63, 3.8) is 0 Å². The monoisotopic (exact) mass is 429 g/mol. The van der Waals surface area contributed by atoms with Gasteiger partial charge in [0.15, 0.2) is 0 Å². The van der Waals surface area contributed by atoms with Crippen LogP contribution in [-0.2, 0) is 14.3 Å². The van der Waals surface area contributed by atoms with Crippen molar-refractivity contribution in [1.29, 1.82) is 0 Å². The first kappa shape index (κ1) is 19.9. The number of fused-ring (bicyclic) bond motifs is 1. The molecule has 3 aliphatic rings. The number of carbonyl (C=O) groups is 2. The van der Waals surface area contributed by atoms with Crippen molar-refractivity contribution in [3.8, 4) is 0 Å². The number of rotatable bonds is 4. The number of benzene rings is 1. The molecular formula is C22H27N3O4S. The van der Waals surface area contributed by atoms with Gasteiger partial charge in [0.2, 0.25) is 5.91 Å². The molecule has 5 rings (SSSR count). The number of hydrogen-bond donors (Lipinski definition) is 0. The summed E-state index contributed by atoms with van der Waals surface area (Å²) >= 11 is 1.55. The first-order chi connectivity index (χ1) is 14.7. The van der Waals surface area contributed by atoms with E-state index in [0.717, 1.165) is 46.6 Å². The molecule has 1 unspecified atom stereocenters. The summed E-state index contributed by atoms with van der Waals surface area (Å²) in [5, 5.41) is 1.08. The van der Waals surface area contributed by atoms with E-state index in [4.69, 9.17) is 9.47 Å². The van der Waals surface area contributed by atoms with Gasteiger partial charge in [0.05, 0.1) is 37.3 Å². The Morgan fingerprint density at radius 3 is 2.57 bits per heavy atom. The van der Waals surface area contributed by atoms with E-state index in [1.165, 1.54) is 0 Å². The van der Waals surface area contributed by atoms with Crippen molar-refractivity contribution >= 4 is 33.2 Å². The number of ether oxygens (including phenoxy) is 2. The summed E-state index contributed by atoms with van der Waals surface area (Å²) in [4.78, 5) is 32.6. The van der Waals surface area contributed by atoms with Crippen molar-refractivity contribution < 1.29 is 19.1 Å². The fourth-order valence-corrected chi connectivity index (χ4v) is 5.55. The van der Waals surface area contributed by atoms with Crippen LogP contribution in [0, 0.1) is 0 Å². The standard InChI is InChI=1S/C22H27N3O4S/c26-19(24-6-3-7-24)15-23-8-13-29-17(14-23)20-16-4-1-2-5-18(16)30-21(20)22(27)25-9-11-28-12-10-25/h1-2,4-5,17H,3,6-15H2. The van der Waals surface area contributed by atoms with Crippen molar-refractivity contribution in [2.24, 2.45) is 0 Å². The number of amides is 2. The quantitative estimate of drug-likeness (QED) is 0.744. The maximum absolute atomic E-state index is 13.4. The van der Waals surface area contributed by atoms with Gasteiger partial charge in [-0.15, -0.1) is 11.3 Å². The summed E-state index contributed by atoms with van der Waals surface area (Å²) in [6.45, 7) is 6.51. The summed E-state index contributed by atoms with van der Waals surface area (Å²) in [6.07, 6.45) is 0.893. The second-order valence-corrected chi connectivity index (χ2v) is 9.13. The lowest BCUT2D eigenvalue weighted by Gasteiger charge is -2.37. The molecule has 3 saturated heterocycles. The number of hydrogen-bond acceptors (Lipinski definition) is 6. The Hall–Kier alpha value is -2.00. The van der Waals surface area contributed by atoms with Crippen LogP contribution >= 0.6 is 11.3 Å². The van der Waals surface area contributed by atoms with Gasteiger partial charge in [-0.25, -0.2) is 0 Å². The molecule has 160 valence electrons. The van der Waals surface area contributed by atoms with Crippen LogP contribution in [0.15, 0.2) is 24.3 Å². The largest absolute Gasteiger partial charge is 0.378 e. The maximum Gasteiger partial charge on any atom is 0.264 e. The molecule has 7 nitrogen and oxygen atoms in total. The van der Waals surface area contributed by atoms with E-state index in [1.54, 1.807) is 11.3 Å². The Labute approximate surface area is 180 Å². The molecule has 0 spiro atoms. The molecule has 30 heavy (non-hydrogen) atoms. The number of carbonyl (C=O) groups excluding carboxylic acids is 2. The molecule has 1 aromatic heterocycles. The van der Waals surface area contributed by atoms with E-state index in [-0.39, 0.29) is 17.9 Å². The zero-order valence-corrected chi connectivity index (χ0v) is 17.9. The van der Waals surface area contributed by atoms with Crippen LogP contribution in [0.5, 0.6) is 0 Å². The lowest BCUT2D eigenvalue weighted by atomic mass is 10.0. The lowest BCUT2D eigenvalue weighted by molar-refractivity contribution is -0.137. The molecule has 3 fully saturated rings. The van der Waals surface area contributed by atoms with Gasteiger partial charge < -0.3 is 19.3 Å². The molecule has 2 amide bonds. The number of likely N-dealkylation sites (tertiary alicyclic amines) is 1. The Morgan fingerprint density at radius 2 is 1.80 bits per heavy atom. The Bertz CT molecular complexity index is 936. The van der Waals surface area contributed by atoms with Crippen LogP contribution in [0.25, 0.3) is 10.1 Å². The van der Waals surface area contributed by atoms with Gasteiger partial charge in [0.25, 0.3) is 5.91 Å². The predicted molar refractivity (Wildman–Crippen MR) is 115 cm³/mol. The zero-order valence-electron chi connectivity index (χ0n) is 17.0. The highest BCUT2D eigenvalue weighted by atomic mass is 32.1. The molecule has 4 heterocycles. The molecule has 2 aromatic rings. The van der Waals surface area contributed by atoms with Crippen LogP contribution in [-0.4, -0.2) is 92.1 Å². The Balaban J connectivity index is 1.42. The summed E-state index contributed by atoms with van der Waals surface area (Å²) in [5.74, 6) is 0.258. The molecule has 1 aromatic carbocycles. The van der Waals surface area contributed by atoms with Gasteiger partial charge in [-0.3, -0.25) is 14.5 Å². The van der Waals surface area contributed by atoms with Crippen LogP contribution in [0.1, 0.15) is 27.8 Å². The maximum atomic E-state index is 13.4. The van der Waals surface area contributed by atoms with E-state index < -0.39 is 0 Å². The smallest absolute Gasteiger partial charge is 0.264 e. The second-order valence-electron chi connectivity index (χ2n) is 8.07. The van der Waals surface area contributed by atoms with Gasteiger partial charge >= 0.3 is 0 Å². The molecule has 0 aliphatic carbocycles. The fraction of sp³-hybridized carbons (Fsp3) is 0.545. The SMILES string of the molecule is O=C(CN1CCOC(c2c(C(=O)N3CCOCC3)sc3ccccc23)C1)N1CCC1. The first-order valence-corrected chi connectivity index (χ1v) is 11.5. The minimum atomic E-state index is -0.209. The van der Waals surface area contributed by atoms with E-state index in [9.17, 15) is 9.59 Å². The van der Waals surface area contributed by atoms with Crippen LogP contribution < -0.4 is 0 Å². The van der Waals surface area contributed by atoms with Crippen molar-refractivity contribution in [3.05, 3.63) is 34.7 Å². The highest BCUT2D eigenvalue weighted by Gasteiger charge is 2.33. The van der Waals surface area contributed by atoms with Gasteiger partial charge in [-0.2, -0.15) is 0 Å². The summed E-state index contributed by atoms with van der Waals surface area (Å²) in [5.41, 5.74) is 0.980. The van der Waals surface area contributed by atoms with Gasteiger partial charge in [-0.05, 0) is 17.9 Å². The number of thiophene rings is 1. The molecule has 3 aliphatic heterocycles. The molecule has 0 bridgehead atoms. The Morgan fingerprint density at radius 1 is 1.00 bits per heavy atom. The number of nitrogens with zero attached hydrogens (tertiary/aromatic N) is 3. The van der Waals surface area contributed by atoms with Crippen molar-refractivity contribution in [1.82, 2.24) is 14.7 Å². The lowest BCUT2D eigenvalue weighted by Crippen LogP contribution is -2.49. The minimum absolute atomic E-state index is 0.0619. The predicted octanol–water partition coefficient (Wildman–Crippen LogP) is 1.98. The normalized spacial score (nSPS) is 22.9. The molecule has 0 N–H and O–H groups in total. The summed E-state index contributed by atoms with van der Waals surface area (Å²) < 4.78 is 12.7. The Kier molecular flexibility index (Phi) is 5.73. The van der Waals surface area contributed by atoms with E-state index in [1.807, 2.05) is 21.9 Å². The second kappa shape index (κ2) is 8.63. The summed E-state index contributed by atoms with van der Waals surface area (Å²) in [6, 6.07) is 8.15. The fourth-order valence-electron chi connectivity index (χ4n) is 4.33. The number of morpholine rings is 2. The topological polar surface area (TPSA) is 62.3 Å². The highest BCUT2D eigenvalue weighted by molar-refractivity contribution is 7.21. The zero-order chi connectivity index (χ0) is 20.5. The third-order valence-corrected chi connectivity index (χ3v) is 7.34. The minimum Gasteiger partial charge on any atom is -0.378 e. The van der Waals surface area contributed by atoms with Crippen LogP contribution in [0.4, 0.5) is 0 Å². The molecule has 0 radical (unpaired) electrons. The van der Waals surface area contributed by atoms with Crippen molar-refractivity contribution in [2.45, 2.75) is 12.5 Å². The van der Waals surface area contributed by atoms with E-state index in [2.05, 4.69) is 17.0 Å². The molecule has 0 saturated carbocycles. The molecule has 1 atom stereocenters. The van der Waals surface area contributed by atoms with Crippen LogP contribution in [0.2, 0.25) is 0 Å². The van der Waals surface area contributed by atoms with Crippen molar-refractivity contribution in [2.75, 3.05) is 65.6 Å². The average molecular weight is 430 g/mol. The van der Waals surface area contributed by atoms with Gasteiger partial charge in [0.1, 0.15) is 0 Å².